The second kappa shape index (κ2) is 7.65. The molecular weight excluding hydrogens is 401 g/mol. The molecule has 0 saturated carbocycles. The molecule has 0 unspecified atom stereocenters. The molecule has 0 saturated heterocycles. The summed E-state index contributed by atoms with van der Waals surface area (Å²) in [5.74, 6) is -0.841. The van der Waals surface area contributed by atoms with Crippen LogP contribution in [0, 0.1) is 20.3 Å². The Kier molecular flexibility index (Phi) is 5.31. The van der Waals surface area contributed by atoms with Gasteiger partial charge in [0.25, 0.3) is 0 Å². The third-order valence-electron chi connectivity index (χ3n) is 4.32. The van der Waals surface area contributed by atoms with Crippen LogP contribution >= 0.6 is 0 Å². The standard InChI is InChI=1S/C18H15N3O4Se/c19-11-26-8-3-1-2-7-20-17(22)14-6-4-5-12-9-13(21(24)25)10-15(16(12)14)18(20)23/h4-6,9-10H,1-3,7-8H2. The van der Waals surface area contributed by atoms with Gasteiger partial charge in [-0.1, -0.05) is 0 Å². The second-order valence-corrected chi connectivity index (χ2v) is 7.76. The molecule has 8 heteroatoms. The zero-order valence-electron chi connectivity index (χ0n) is 13.8. The molecule has 7 nitrogen and oxygen atoms in total. The predicted molar refractivity (Wildman–Crippen MR) is 96.0 cm³/mol. The van der Waals surface area contributed by atoms with Crippen LogP contribution in [0.25, 0.3) is 10.8 Å². The second-order valence-electron chi connectivity index (χ2n) is 5.92. The first-order valence-electron chi connectivity index (χ1n) is 8.13. The van der Waals surface area contributed by atoms with E-state index in [1.54, 1.807) is 18.2 Å². The topological polar surface area (TPSA) is 104 Å². The zero-order valence-corrected chi connectivity index (χ0v) is 15.5. The van der Waals surface area contributed by atoms with Crippen LogP contribution in [0.5, 0.6) is 0 Å². The molecular formula is C18H15N3O4Se. The van der Waals surface area contributed by atoms with Gasteiger partial charge in [0.15, 0.2) is 0 Å². The molecule has 0 N–H and O–H groups in total. The van der Waals surface area contributed by atoms with Crippen LogP contribution < -0.4 is 0 Å². The van der Waals surface area contributed by atoms with Gasteiger partial charge in [-0.05, 0) is 0 Å². The minimum absolute atomic E-state index is 0.00964. The van der Waals surface area contributed by atoms with Crippen molar-refractivity contribution in [1.29, 1.82) is 5.26 Å². The third-order valence-corrected chi connectivity index (χ3v) is 5.62. The number of carbonyl (C=O) groups is 2. The number of nitriles is 1. The van der Waals surface area contributed by atoms with E-state index in [4.69, 9.17) is 5.26 Å². The number of hydrogen-bond acceptors (Lipinski definition) is 5. The fraction of sp³-hybridized carbons (Fsp3) is 0.278. The summed E-state index contributed by atoms with van der Waals surface area (Å²) in [7, 11) is 0. The van der Waals surface area contributed by atoms with Crippen molar-refractivity contribution in [3.05, 3.63) is 51.6 Å². The van der Waals surface area contributed by atoms with Gasteiger partial charge in [-0.3, -0.25) is 0 Å². The molecule has 0 aromatic heterocycles. The van der Waals surface area contributed by atoms with E-state index in [1.165, 1.54) is 17.0 Å². The zero-order chi connectivity index (χ0) is 18.7. The summed E-state index contributed by atoms with van der Waals surface area (Å²) in [4.78, 5) is 39.5. The Morgan fingerprint density at radius 2 is 1.88 bits per heavy atom. The number of benzene rings is 2. The van der Waals surface area contributed by atoms with Crippen LogP contribution in [0.1, 0.15) is 40.0 Å². The van der Waals surface area contributed by atoms with E-state index in [9.17, 15) is 19.7 Å². The molecule has 26 heavy (non-hydrogen) atoms. The first-order valence-corrected chi connectivity index (χ1v) is 10.2. The van der Waals surface area contributed by atoms with Crippen molar-refractivity contribution in [2.75, 3.05) is 6.54 Å². The van der Waals surface area contributed by atoms with E-state index in [0.717, 1.165) is 18.2 Å². The van der Waals surface area contributed by atoms with Crippen molar-refractivity contribution >= 4 is 43.2 Å². The number of nitrogens with zero attached hydrogens (tertiary/aromatic N) is 3. The minimum atomic E-state index is -0.534. The maximum absolute atomic E-state index is 12.8. The molecule has 0 fully saturated rings. The van der Waals surface area contributed by atoms with E-state index in [1.807, 2.05) is 0 Å². The van der Waals surface area contributed by atoms with Gasteiger partial charge in [0.1, 0.15) is 0 Å². The average Bonchev–Trinajstić information content (AvgIpc) is 2.64. The molecule has 0 atom stereocenters. The monoisotopic (exact) mass is 417 g/mol. The molecule has 132 valence electrons. The number of carbonyl (C=O) groups excluding carboxylic acids is 2. The molecule has 3 rings (SSSR count). The molecule has 0 radical (unpaired) electrons. The number of rotatable bonds is 7. The number of non-ortho nitro benzene ring substituents is 1. The van der Waals surface area contributed by atoms with Crippen LogP contribution in [-0.4, -0.2) is 43.1 Å². The maximum atomic E-state index is 12.8. The van der Waals surface area contributed by atoms with E-state index < -0.39 is 10.8 Å². The van der Waals surface area contributed by atoms with E-state index in [-0.39, 0.29) is 38.7 Å². The van der Waals surface area contributed by atoms with Gasteiger partial charge in [0, 0.05) is 0 Å². The fourth-order valence-electron chi connectivity index (χ4n) is 3.12. The van der Waals surface area contributed by atoms with Crippen LogP contribution in [-0.2, 0) is 0 Å². The summed E-state index contributed by atoms with van der Waals surface area (Å²) in [6, 6.07) is 7.62. The predicted octanol–water partition coefficient (Wildman–Crippen LogP) is 3.12. The normalized spacial score (nSPS) is 13.1. The molecule has 1 aliphatic rings. The fourth-order valence-corrected chi connectivity index (χ4v) is 4.04. The van der Waals surface area contributed by atoms with Crippen molar-refractivity contribution in [3.8, 4) is 4.97 Å². The molecule has 0 bridgehead atoms. The molecule has 0 aliphatic carbocycles. The van der Waals surface area contributed by atoms with Crippen LogP contribution in [0.15, 0.2) is 30.3 Å². The molecule has 1 heterocycles. The summed E-state index contributed by atoms with van der Waals surface area (Å²) in [5.41, 5.74) is 0.447. The summed E-state index contributed by atoms with van der Waals surface area (Å²) in [5, 5.41) is 21.6. The Labute approximate surface area is 155 Å². The van der Waals surface area contributed by atoms with Crippen molar-refractivity contribution < 1.29 is 14.5 Å². The molecule has 2 aromatic rings. The van der Waals surface area contributed by atoms with Crippen molar-refractivity contribution in [1.82, 2.24) is 4.90 Å². The van der Waals surface area contributed by atoms with Crippen molar-refractivity contribution in [2.45, 2.75) is 24.6 Å². The number of imide groups is 1. The Bertz CT molecular complexity index is 951. The number of hydrogen-bond donors (Lipinski definition) is 0. The van der Waals surface area contributed by atoms with Crippen LogP contribution in [0.4, 0.5) is 5.69 Å². The molecule has 1 aliphatic heterocycles. The van der Waals surface area contributed by atoms with Gasteiger partial charge in [-0.15, -0.1) is 0 Å². The molecule has 2 amide bonds. The van der Waals surface area contributed by atoms with Gasteiger partial charge in [-0.25, -0.2) is 0 Å². The Balaban J connectivity index is 1.88. The van der Waals surface area contributed by atoms with Crippen LogP contribution in [0.2, 0.25) is 5.32 Å². The van der Waals surface area contributed by atoms with Gasteiger partial charge in [0.2, 0.25) is 0 Å². The number of nitro groups is 1. The van der Waals surface area contributed by atoms with Crippen molar-refractivity contribution in [2.24, 2.45) is 0 Å². The van der Waals surface area contributed by atoms with Gasteiger partial charge in [0.05, 0.1) is 0 Å². The number of nitro benzene ring substituents is 1. The van der Waals surface area contributed by atoms with Crippen molar-refractivity contribution in [3.63, 3.8) is 0 Å². The van der Waals surface area contributed by atoms with E-state index >= 15 is 0 Å². The third kappa shape index (κ3) is 3.32. The molecule has 2 aromatic carbocycles. The Morgan fingerprint density at radius 3 is 2.62 bits per heavy atom. The Morgan fingerprint density at radius 1 is 1.12 bits per heavy atom. The SMILES string of the molecule is N#C[Se]CCCCCN1C(=O)c2cccc3cc([N+](=O)[O-])cc(c23)C1=O. The van der Waals surface area contributed by atoms with Gasteiger partial charge >= 0.3 is 156 Å². The quantitative estimate of drug-likeness (QED) is 0.227. The van der Waals surface area contributed by atoms with E-state index in [2.05, 4.69) is 4.97 Å². The van der Waals surface area contributed by atoms with Gasteiger partial charge in [-0.2, -0.15) is 0 Å². The average molecular weight is 416 g/mol. The summed E-state index contributed by atoms with van der Waals surface area (Å²) >= 11 is -0.00964. The van der Waals surface area contributed by atoms with E-state index in [0.29, 0.717) is 22.8 Å². The van der Waals surface area contributed by atoms with Gasteiger partial charge < -0.3 is 0 Å². The first-order chi connectivity index (χ1) is 12.5. The first kappa shape index (κ1) is 18.1. The summed E-state index contributed by atoms with van der Waals surface area (Å²) in [6.07, 6.45) is 2.37. The summed E-state index contributed by atoms with van der Waals surface area (Å²) < 4.78 is 0. The number of unbranched alkanes of at least 4 members (excludes halogenated alkanes) is 2. The van der Waals surface area contributed by atoms with Crippen LogP contribution in [0.3, 0.4) is 0 Å². The molecule has 0 spiro atoms. The Hall–Kier alpha value is -2.75. The summed E-state index contributed by atoms with van der Waals surface area (Å²) in [6.45, 7) is 0.274. The number of amides is 2.